The summed E-state index contributed by atoms with van der Waals surface area (Å²) in [5.74, 6) is 0. The van der Waals surface area contributed by atoms with Crippen molar-refractivity contribution in [3.63, 3.8) is 0 Å². The molecule has 0 unspecified atom stereocenters. The third-order valence-electron chi connectivity index (χ3n) is 3.92. The molecule has 0 aliphatic rings. The number of hydrogen-bond acceptors (Lipinski definition) is 6. The second-order valence-electron chi connectivity index (χ2n) is 5.55. The number of hydrogen-bond donors (Lipinski definition) is 1. The van der Waals surface area contributed by atoms with Crippen LogP contribution < -0.4 is 4.72 Å². The number of benzene rings is 2. The number of nitro groups is 1. The van der Waals surface area contributed by atoms with Crippen molar-refractivity contribution in [1.82, 2.24) is 14.3 Å². The van der Waals surface area contributed by atoms with E-state index in [-0.39, 0.29) is 10.6 Å². The molecule has 3 rings (SSSR count). The van der Waals surface area contributed by atoms with Gasteiger partial charge in [-0.3, -0.25) is 10.1 Å². The zero-order chi connectivity index (χ0) is 19.6. The second-order valence-corrected chi connectivity index (χ2v) is 8.44. The molecule has 140 valence electrons. The zero-order valence-corrected chi connectivity index (χ0v) is 16.1. The van der Waals surface area contributed by atoms with Crippen LogP contribution in [0.3, 0.4) is 0 Å². The first-order valence-corrected chi connectivity index (χ1v) is 10.1. The maximum absolute atomic E-state index is 11.9. The van der Waals surface area contributed by atoms with E-state index in [0.29, 0.717) is 10.1 Å². The normalized spacial score (nSPS) is 11.5. The molecular formula is C17H16N4O4S2. The van der Waals surface area contributed by atoms with E-state index >= 15 is 0 Å². The molecule has 3 aromatic rings. The van der Waals surface area contributed by atoms with Gasteiger partial charge in [0.2, 0.25) is 10.0 Å². The predicted molar refractivity (Wildman–Crippen MR) is 102 cm³/mol. The number of nitrogens with one attached hydrogen (secondary N) is 1. The summed E-state index contributed by atoms with van der Waals surface area (Å²) in [6, 6.07) is 13.5. The van der Waals surface area contributed by atoms with E-state index in [4.69, 9.17) is 0 Å². The minimum atomic E-state index is -3.77. The Morgan fingerprint density at radius 1 is 1.19 bits per heavy atom. The Bertz CT molecular complexity index is 1100. The van der Waals surface area contributed by atoms with Crippen molar-refractivity contribution >= 4 is 27.5 Å². The number of aromatic nitrogens is 2. The molecule has 0 amide bonds. The number of rotatable bonds is 6. The first kappa shape index (κ1) is 19.1. The molecule has 10 heteroatoms. The maximum atomic E-state index is 11.9. The van der Waals surface area contributed by atoms with Crippen LogP contribution in [0.2, 0.25) is 0 Å². The van der Waals surface area contributed by atoms with E-state index in [1.165, 1.54) is 19.2 Å². The third kappa shape index (κ3) is 3.87. The fourth-order valence-corrected chi connectivity index (χ4v) is 4.14. The fraction of sp³-hybridized carbons (Fsp3) is 0.118. The van der Waals surface area contributed by atoms with Gasteiger partial charge < -0.3 is 4.57 Å². The number of imidazole rings is 1. The summed E-state index contributed by atoms with van der Waals surface area (Å²) in [7, 11) is -0.693. The van der Waals surface area contributed by atoms with E-state index in [9.17, 15) is 18.5 Å². The highest BCUT2D eigenvalue weighted by Gasteiger charge is 2.22. The summed E-state index contributed by atoms with van der Waals surface area (Å²) in [6.45, 7) is 0. The minimum absolute atomic E-state index is 0.161. The Kier molecular flexibility index (Phi) is 5.31. The Balaban J connectivity index is 1.99. The summed E-state index contributed by atoms with van der Waals surface area (Å²) in [5, 5.41) is 12.0. The molecule has 0 bridgehead atoms. The van der Waals surface area contributed by atoms with Crippen molar-refractivity contribution < 1.29 is 13.3 Å². The fourth-order valence-electron chi connectivity index (χ4n) is 2.47. The van der Waals surface area contributed by atoms with Gasteiger partial charge in [0, 0.05) is 13.1 Å². The average Bonchev–Trinajstić information content (AvgIpc) is 3.03. The first-order chi connectivity index (χ1) is 12.8. The number of nitrogens with zero attached hydrogens (tertiary/aromatic N) is 3. The van der Waals surface area contributed by atoms with Gasteiger partial charge in [0.1, 0.15) is 0 Å². The van der Waals surface area contributed by atoms with Crippen LogP contribution in [0, 0.1) is 10.1 Å². The van der Waals surface area contributed by atoms with Gasteiger partial charge in [-0.15, -0.1) is 0 Å². The monoisotopic (exact) mass is 404 g/mol. The Labute approximate surface area is 160 Å². The Morgan fingerprint density at radius 2 is 1.89 bits per heavy atom. The lowest BCUT2D eigenvalue weighted by Crippen LogP contribution is -2.18. The molecule has 1 aromatic heterocycles. The Morgan fingerprint density at radius 3 is 2.52 bits per heavy atom. The van der Waals surface area contributed by atoms with E-state index in [2.05, 4.69) is 9.71 Å². The quantitative estimate of drug-likeness (QED) is 0.500. The highest BCUT2D eigenvalue weighted by molar-refractivity contribution is 7.99. The van der Waals surface area contributed by atoms with Crippen molar-refractivity contribution in [2.75, 3.05) is 7.05 Å². The topological polar surface area (TPSA) is 107 Å². The van der Waals surface area contributed by atoms with E-state index in [1.54, 1.807) is 6.20 Å². The molecule has 0 aliphatic heterocycles. The summed E-state index contributed by atoms with van der Waals surface area (Å²) in [5.41, 5.74) is 1.56. The van der Waals surface area contributed by atoms with Crippen molar-refractivity contribution in [1.29, 1.82) is 0 Å². The van der Waals surface area contributed by atoms with Crippen molar-refractivity contribution in [3.05, 3.63) is 64.8 Å². The van der Waals surface area contributed by atoms with Crippen LogP contribution in [0.25, 0.3) is 11.3 Å². The zero-order valence-electron chi connectivity index (χ0n) is 14.5. The maximum Gasteiger partial charge on any atom is 0.284 e. The average molecular weight is 404 g/mol. The predicted octanol–water partition coefficient (Wildman–Crippen LogP) is 3.05. The summed E-state index contributed by atoms with van der Waals surface area (Å²) in [4.78, 5) is 15.3. The van der Waals surface area contributed by atoms with Crippen LogP contribution >= 0.6 is 11.8 Å². The summed E-state index contributed by atoms with van der Waals surface area (Å²) >= 11 is 1.11. The third-order valence-corrected chi connectivity index (χ3v) is 6.46. The standard InChI is InChI=1S/C17H16N4O4S2/c1-18-27(24,25)13-8-9-16(14(10-13)21(22)23)26-17-19-11-15(20(17)2)12-6-4-3-5-7-12/h3-11,18H,1-2H3. The molecular weight excluding hydrogens is 388 g/mol. The molecule has 0 saturated carbocycles. The minimum Gasteiger partial charge on any atom is -0.322 e. The van der Waals surface area contributed by atoms with Crippen LogP contribution in [-0.4, -0.2) is 29.9 Å². The molecule has 0 saturated heterocycles. The molecule has 0 atom stereocenters. The highest BCUT2D eigenvalue weighted by Crippen LogP contribution is 2.36. The lowest BCUT2D eigenvalue weighted by atomic mass is 10.2. The molecule has 0 spiro atoms. The molecule has 0 fully saturated rings. The first-order valence-electron chi connectivity index (χ1n) is 7.80. The molecule has 1 heterocycles. The van der Waals surface area contributed by atoms with Crippen molar-refractivity contribution in [3.8, 4) is 11.3 Å². The van der Waals surface area contributed by atoms with E-state index < -0.39 is 14.9 Å². The van der Waals surface area contributed by atoms with Gasteiger partial charge in [-0.05, 0) is 36.5 Å². The molecule has 2 aromatic carbocycles. The van der Waals surface area contributed by atoms with Gasteiger partial charge in [0.25, 0.3) is 5.69 Å². The van der Waals surface area contributed by atoms with Crippen LogP contribution in [0.5, 0.6) is 0 Å². The number of sulfonamides is 1. The van der Waals surface area contributed by atoms with Crippen LogP contribution in [0.1, 0.15) is 0 Å². The van der Waals surface area contributed by atoms with Gasteiger partial charge in [-0.1, -0.05) is 30.3 Å². The molecule has 1 N–H and O–H groups in total. The van der Waals surface area contributed by atoms with Crippen molar-refractivity contribution in [2.24, 2.45) is 7.05 Å². The Hall–Kier alpha value is -2.69. The van der Waals surface area contributed by atoms with Crippen LogP contribution in [0.4, 0.5) is 5.69 Å². The smallest absolute Gasteiger partial charge is 0.284 e. The van der Waals surface area contributed by atoms with Gasteiger partial charge in [-0.2, -0.15) is 0 Å². The lowest BCUT2D eigenvalue weighted by Gasteiger charge is -2.08. The lowest BCUT2D eigenvalue weighted by molar-refractivity contribution is -0.388. The molecule has 8 nitrogen and oxygen atoms in total. The number of nitro benzene ring substituents is 1. The molecule has 27 heavy (non-hydrogen) atoms. The second kappa shape index (κ2) is 7.51. The van der Waals surface area contributed by atoms with Gasteiger partial charge in [-0.25, -0.2) is 18.1 Å². The molecule has 0 aliphatic carbocycles. The summed E-state index contributed by atoms with van der Waals surface area (Å²) < 4.78 is 27.8. The van der Waals surface area contributed by atoms with Crippen LogP contribution in [-0.2, 0) is 17.1 Å². The van der Waals surface area contributed by atoms with Gasteiger partial charge in [0.05, 0.1) is 26.6 Å². The van der Waals surface area contributed by atoms with Crippen molar-refractivity contribution in [2.45, 2.75) is 14.9 Å². The van der Waals surface area contributed by atoms with Crippen LogP contribution in [0.15, 0.2) is 69.7 Å². The molecule has 0 radical (unpaired) electrons. The SMILES string of the molecule is CNS(=O)(=O)c1ccc(Sc2ncc(-c3ccccc3)n2C)c([N+](=O)[O-])c1. The summed E-state index contributed by atoms with van der Waals surface area (Å²) in [6.07, 6.45) is 1.70. The van der Waals surface area contributed by atoms with Gasteiger partial charge >= 0.3 is 0 Å². The van der Waals surface area contributed by atoms with Gasteiger partial charge in [0.15, 0.2) is 5.16 Å². The van der Waals surface area contributed by atoms with E-state index in [1.807, 2.05) is 41.9 Å². The largest absolute Gasteiger partial charge is 0.322 e. The highest BCUT2D eigenvalue weighted by atomic mass is 32.2. The van der Waals surface area contributed by atoms with E-state index in [0.717, 1.165) is 29.1 Å².